The molecule has 4 atom stereocenters. The van der Waals surface area contributed by atoms with E-state index in [9.17, 15) is 0 Å². The molecule has 4 unspecified atom stereocenters. The Balaban J connectivity index is 0. The summed E-state index contributed by atoms with van der Waals surface area (Å²) in [6.07, 6.45) is 0. The average molecular weight is 223 g/mol. The van der Waals surface area contributed by atoms with E-state index in [0.29, 0.717) is 0 Å². The zero-order valence-corrected chi connectivity index (χ0v) is 11.3. The molecule has 3 radical (unpaired) electrons. The molecule has 0 nitrogen and oxygen atoms in total. The first kappa shape index (κ1) is 71.6. The molecular weight excluding hydrogens is 211 g/mol. The summed E-state index contributed by atoms with van der Waals surface area (Å²) < 4.78 is 0. The maximum atomic E-state index is 0. The van der Waals surface area contributed by atoms with Gasteiger partial charge in [0, 0.05) is 27.0 Å². The summed E-state index contributed by atoms with van der Waals surface area (Å²) in [4.78, 5) is 0. The molecule has 45 valence electrons. The first-order valence-corrected chi connectivity index (χ1v) is 0. The second kappa shape index (κ2) is 47.9. The fourth-order valence-electron chi connectivity index (χ4n) is 0. The van der Waals surface area contributed by atoms with Crippen LogP contribution in [0.1, 0.15) is 0 Å². The van der Waals surface area contributed by atoms with Crippen molar-refractivity contribution < 1.29 is 17.1 Å². The van der Waals surface area contributed by atoms with Crippen molar-refractivity contribution in [2.45, 2.75) is 0 Å². The van der Waals surface area contributed by atoms with E-state index in [1.165, 1.54) is 0 Å². The third-order valence-corrected chi connectivity index (χ3v) is 0. The van der Waals surface area contributed by atoms with Crippen LogP contribution in [0.2, 0.25) is 0 Å². The van der Waals surface area contributed by atoms with Crippen LogP contribution in [-0.2, 0) is 17.1 Å². The summed E-state index contributed by atoms with van der Waals surface area (Å²) in [7, 11) is 0. The molecule has 0 heterocycles. The zero-order chi connectivity index (χ0) is 0. The van der Waals surface area contributed by atoms with E-state index in [-0.39, 0.29) is 66.6 Å². The second-order valence-electron chi connectivity index (χ2n) is 0. The Bertz CT molecular complexity index is 3.90. The first-order chi connectivity index (χ1) is 0. The quantitative estimate of drug-likeness (QED) is 0.425. The molecule has 0 aromatic carbocycles. The van der Waals surface area contributed by atoms with Crippen molar-refractivity contribution in [3.8, 4) is 0 Å². The van der Waals surface area contributed by atoms with Crippen LogP contribution < -0.4 is 0 Å². The van der Waals surface area contributed by atoms with Crippen LogP contribution in [0.25, 0.3) is 0 Å². The van der Waals surface area contributed by atoms with Crippen molar-refractivity contribution in [2.75, 3.05) is 0 Å². The van der Waals surface area contributed by atoms with E-state index >= 15 is 0 Å². The van der Waals surface area contributed by atoms with Gasteiger partial charge in [0.2, 0.25) is 0 Å². The van der Waals surface area contributed by atoms with Gasteiger partial charge in [0.05, 0.1) is 0 Å². The Morgan fingerprint density at radius 2 is 0.500 bits per heavy atom. The van der Waals surface area contributed by atoms with Crippen LogP contribution in [0.5, 0.6) is 0 Å². The van der Waals surface area contributed by atoms with Crippen LogP contribution in [0, 0.1) is 0 Å². The molecule has 0 saturated carbocycles. The predicted octanol–water partition coefficient (Wildman–Crippen LogP) is 1.09. The molecule has 0 aromatic rings. The molecule has 6 heavy (non-hydrogen) atoms. The van der Waals surface area contributed by atoms with Crippen LogP contribution in [0.15, 0.2) is 0 Å². The van der Waals surface area contributed by atoms with E-state index in [4.69, 9.17) is 0 Å². The van der Waals surface area contributed by atoms with Gasteiger partial charge in [0.15, 0.2) is 0 Å². The smallest absolute Gasteiger partial charge is 0 e. The van der Waals surface area contributed by atoms with Crippen molar-refractivity contribution in [3.63, 3.8) is 0 Å². The molecule has 0 fully saturated rings. The van der Waals surface area contributed by atoms with E-state index < -0.39 is 0 Å². The van der Waals surface area contributed by atoms with Gasteiger partial charge in [-0.05, 0) is 0 Å². The predicted molar refractivity (Wildman–Crippen MR) is 51.3 cm³/mol. The van der Waals surface area contributed by atoms with E-state index in [1.807, 2.05) is 0 Å². The largest absolute Gasteiger partial charge is 0.153 e. The third kappa shape index (κ3) is 30.1. The fraction of sp³-hybridized carbons (Fsp3) is 0. The van der Waals surface area contributed by atoms with Gasteiger partial charge in [-0.1, -0.05) is 0 Å². The minimum Gasteiger partial charge on any atom is -0.153 e. The number of hydrogen-bond donors (Lipinski definition) is 0. The molecule has 0 aromatic heterocycles. The van der Waals surface area contributed by atoms with Gasteiger partial charge in [-0.25, -0.2) is 0 Å². The van der Waals surface area contributed by atoms with Gasteiger partial charge in [-0.15, -0.1) is 0 Å². The molecular formula is H12FeP5. The van der Waals surface area contributed by atoms with Crippen LogP contribution in [0.4, 0.5) is 0 Å². The number of rotatable bonds is 0. The monoisotopic (exact) mass is 223 g/mol. The maximum Gasteiger partial charge on any atom is 0 e. The Morgan fingerprint density at radius 3 is 0.500 bits per heavy atom. The molecule has 0 N–H and O–H groups in total. The van der Waals surface area contributed by atoms with Crippen molar-refractivity contribution in [3.05, 3.63) is 0 Å². The number of hydrogen-bond acceptors (Lipinski definition) is 0. The van der Waals surface area contributed by atoms with E-state index in [1.54, 1.807) is 0 Å². The van der Waals surface area contributed by atoms with Crippen molar-refractivity contribution >= 4 is 49.5 Å². The molecule has 0 aliphatic carbocycles. The van der Waals surface area contributed by atoms with Crippen LogP contribution >= 0.6 is 49.5 Å². The Morgan fingerprint density at radius 1 is 0.500 bits per heavy atom. The second-order valence-corrected chi connectivity index (χ2v) is 0. The minimum atomic E-state index is 0. The summed E-state index contributed by atoms with van der Waals surface area (Å²) in [5.74, 6) is 0. The van der Waals surface area contributed by atoms with Crippen molar-refractivity contribution in [1.29, 1.82) is 0 Å². The van der Waals surface area contributed by atoms with Gasteiger partial charge in [-0.2, -0.15) is 39.6 Å². The zero-order valence-electron chi connectivity index (χ0n) is 3.63. The van der Waals surface area contributed by atoms with E-state index in [0.717, 1.165) is 0 Å². The van der Waals surface area contributed by atoms with Crippen molar-refractivity contribution in [1.82, 2.24) is 0 Å². The molecule has 0 aliphatic heterocycles. The molecule has 0 spiro atoms. The van der Waals surface area contributed by atoms with Crippen LogP contribution in [0.3, 0.4) is 0 Å². The summed E-state index contributed by atoms with van der Waals surface area (Å²) in [5, 5.41) is 0. The normalized spacial score (nSPS) is 0. The van der Waals surface area contributed by atoms with Gasteiger partial charge >= 0.3 is 0 Å². The summed E-state index contributed by atoms with van der Waals surface area (Å²) in [6.45, 7) is 0. The average Bonchev–Trinajstić information content (AvgIpc) is 0. The van der Waals surface area contributed by atoms with Gasteiger partial charge in [-0.3, -0.25) is 0 Å². The summed E-state index contributed by atoms with van der Waals surface area (Å²) in [6, 6.07) is 0. The summed E-state index contributed by atoms with van der Waals surface area (Å²) in [5.41, 5.74) is 0. The maximum absolute atomic E-state index is 0. The Kier molecular flexibility index (Phi) is 571. The van der Waals surface area contributed by atoms with Gasteiger partial charge in [0.1, 0.15) is 0 Å². The van der Waals surface area contributed by atoms with Crippen LogP contribution in [-0.4, -0.2) is 0 Å². The molecule has 0 aliphatic rings. The fourth-order valence-corrected chi connectivity index (χ4v) is 0. The van der Waals surface area contributed by atoms with Crippen molar-refractivity contribution in [2.24, 2.45) is 0 Å². The molecule has 0 bridgehead atoms. The SMILES string of the molecule is P.P.P.P.[Fe].[P]. The van der Waals surface area contributed by atoms with Gasteiger partial charge < -0.3 is 0 Å². The summed E-state index contributed by atoms with van der Waals surface area (Å²) >= 11 is 0. The molecule has 6 heteroatoms. The Hall–Kier alpha value is 2.67. The standard InChI is InChI=1S/Fe.4H3P.P/h;4*1H3;. The minimum absolute atomic E-state index is 0. The molecule has 0 rings (SSSR count). The van der Waals surface area contributed by atoms with E-state index in [2.05, 4.69) is 0 Å². The van der Waals surface area contributed by atoms with Gasteiger partial charge in [0.25, 0.3) is 0 Å². The molecule has 0 amide bonds. The topological polar surface area (TPSA) is 0 Å². The third-order valence-electron chi connectivity index (χ3n) is 0. The molecule has 0 saturated heterocycles. The first-order valence-electron chi connectivity index (χ1n) is 0. The Labute approximate surface area is 66.7 Å².